The number of aryl methyl sites for hydroxylation is 2. The average Bonchev–Trinajstić information content (AvgIpc) is 3.46. The Morgan fingerprint density at radius 1 is 0.488 bits per heavy atom. The number of rotatable bonds is 0. The summed E-state index contributed by atoms with van der Waals surface area (Å²) in [6.45, 7) is 18.6. The lowest BCUT2D eigenvalue weighted by atomic mass is 9.34. The molecule has 0 saturated heterocycles. The molecule has 0 atom stereocenters. The Bertz CT molecular complexity index is 2220. The van der Waals surface area contributed by atoms with E-state index in [0.717, 1.165) is 0 Å². The van der Waals surface area contributed by atoms with Crippen molar-refractivity contribution in [3.8, 4) is 11.4 Å². The van der Waals surface area contributed by atoms with E-state index >= 15 is 0 Å². The minimum atomic E-state index is 0.0760. The van der Waals surface area contributed by atoms with Gasteiger partial charge in [0.1, 0.15) is 0 Å². The second kappa shape index (κ2) is 7.83. The lowest BCUT2D eigenvalue weighted by Crippen LogP contribution is -2.59. The van der Waals surface area contributed by atoms with E-state index in [1.54, 1.807) is 0 Å². The SMILES string of the molecule is Cc1ccc2c(c1)-n1c3ccc(C(C)(C)C)cc3c3cc4c5cc(C(C)(C)C)ccc5n5c4c(c31)B2c1ccc(C)cc1-5. The van der Waals surface area contributed by atoms with Gasteiger partial charge in [0.05, 0.1) is 22.1 Å². The van der Waals surface area contributed by atoms with Crippen molar-refractivity contribution in [1.82, 2.24) is 9.13 Å². The molecule has 0 saturated carbocycles. The maximum atomic E-state index is 2.59. The molecule has 3 heteroatoms. The van der Waals surface area contributed by atoms with Crippen LogP contribution in [0.5, 0.6) is 0 Å². The molecule has 0 bridgehead atoms. The number of aromatic nitrogens is 2. The Labute approximate surface area is 254 Å². The third-order valence-corrected chi connectivity index (χ3v) is 10.3. The molecule has 0 unspecified atom stereocenters. The molecule has 2 aliphatic heterocycles. The highest BCUT2D eigenvalue weighted by molar-refractivity contribution is 7.00. The summed E-state index contributed by atoms with van der Waals surface area (Å²) < 4.78 is 5.18. The number of hydrogen-bond acceptors (Lipinski definition) is 0. The summed E-state index contributed by atoms with van der Waals surface area (Å²) >= 11 is 0. The lowest BCUT2D eigenvalue weighted by molar-refractivity contribution is 0.591. The number of hydrogen-bond donors (Lipinski definition) is 0. The third kappa shape index (κ3) is 3.15. The topological polar surface area (TPSA) is 9.86 Å². The number of fused-ring (bicyclic) bond motifs is 12. The van der Waals surface area contributed by atoms with E-state index in [1.165, 1.54) is 93.6 Å². The average molecular weight is 557 g/mol. The normalized spacial score (nSPS) is 14.0. The molecule has 0 radical (unpaired) electrons. The van der Waals surface area contributed by atoms with Crippen molar-refractivity contribution in [2.75, 3.05) is 0 Å². The summed E-state index contributed by atoms with van der Waals surface area (Å²) in [7, 11) is 0. The van der Waals surface area contributed by atoms with Crippen LogP contribution in [-0.4, -0.2) is 15.8 Å². The van der Waals surface area contributed by atoms with Gasteiger partial charge in [0, 0.05) is 32.9 Å². The van der Waals surface area contributed by atoms with Crippen molar-refractivity contribution >= 4 is 66.7 Å². The van der Waals surface area contributed by atoms with Gasteiger partial charge in [-0.05, 0) is 106 Å². The Morgan fingerprint density at radius 3 is 1.35 bits per heavy atom. The third-order valence-electron chi connectivity index (χ3n) is 10.3. The standard InChI is InChI=1S/C40H37BN2/c1-22-9-13-30-34(17-22)42-32-15-11-24(39(3,4)5)19-26(32)28-21-29-27-20-25(40(6,7)8)12-16-33(27)43-35-18-23(2)10-14-31(35)41(30)36(37(28)42)38(29)43/h9-21H,1-8H3. The van der Waals surface area contributed by atoms with Crippen molar-refractivity contribution < 1.29 is 0 Å². The quantitative estimate of drug-likeness (QED) is 0.167. The van der Waals surface area contributed by atoms with E-state index in [-0.39, 0.29) is 17.5 Å². The van der Waals surface area contributed by atoms with Crippen LogP contribution in [0.3, 0.4) is 0 Å². The Morgan fingerprint density at radius 2 is 0.930 bits per heavy atom. The molecule has 0 amide bonds. The van der Waals surface area contributed by atoms with E-state index in [4.69, 9.17) is 0 Å². The zero-order valence-electron chi connectivity index (χ0n) is 26.5. The molecule has 4 heterocycles. The molecular formula is C40H37BN2. The first-order chi connectivity index (χ1) is 20.4. The van der Waals surface area contributed by atoms with Crippen molar-refractivity contribution in [1.29, 1.82) is 0 Å². The summed E-state index contributed by atoms with van der Waals surface area (Å²) in [4.78, 5) is 0. The highest BCUT2D eigenvalue weighted by atomic mass is 15.0. The van der Waals surface area contributed by atoms with Gasteiger partial charge in [0.15, 0.2) is 0 Å². The van der Waals surface area contributed by atoms with Crippen molar-refractivity contribution in [2.45, 2.75) is 66.2 Å². The van der Waals surface area contributed by atoms with Gasteiger partial charge in [-0.15, -0.1) is 0 Å². The summed E-state index contributed by atoms with van der Waals surface area (Å²) in [6, 6.07) is 31.2. The van der Waals surface area contributed by atoms with Crippen LogP contribution in [0.15, 0.2) is 78.9 Å². The molecule has 5 aromatic carbocycles. The Kier molecular flexibility index (Phi) is 4.60. The fourth-order valence-electron chi connectivity index (χ4n) is 8.08. The molecule has 2 aromatic heterocycles. The van der Waals surface area contributed by atoms with Crippen LogP contribution in [0, 0.1) is 13.8 Å². The van der Waals surface area contributed by atoms with E-state index in [0.29, 0.717) is 0 Å². The highest BCUT2D eigenvalue weighted by Crippen LogP contribution is 2.43. The minimum Gasteiger partial charge on any atom is -0.310 e. The summed E-state index contributed by atoms with van der Waals surface area (Å²) in [5, 5.41) is 5.46. The zero-order valence-corrected chi connectivity index (χ0v) is 26.5. The van der Waals surface area contributed by atoms with Gasteiger partial charge < -0.3 is 9.13 Å². The fraction of sp³-hybridized carbons (Fsp3) is 0.250. The Hall–Kier alpha value is -4.24. The number of benzene rings is 5. The van der Waals surface area contributed by atoms with Crippen LogP contribution in [0.25, 0.3) is 55.0 Å². The first kappa shape index (κ1) is 25.3. The summed E-state index contributed by atoms with van der Waals surface area (Å²) in [6.07, 6.45) is 0. The second-order valence-electron chi connectivity index (χ2n) is 15.3. The highest BCUT2D eigenvalue weighted by Gasteiger charge is 2.41. The van der Waals surface area contributed by atoms with Crippen LogP contribution >= 0.6 is 0 Å². The first-order valence-electron chi connectivity index (χ1n) is 15.7. The van der Waals surface area contributed by atoms with E-state index in [9.17, 15) is 0 Å². The molecule has 43 heavy (non-hydrogen) atoms. The van der Waals surface area contributed by atoms with Crippen LogP contribution in [-0.2, 0) is 10.8 Å². The molecule has 0 fully saturated rings. The molecule has 0 N–H and O–H groups in total. The molecule has 9 rings (SSSR count). The molecule has 0 spiro atoms. The maximum absolute atomic E-state index is 2.59. The molecule has 2 nitrogen and oxygen atoms in total. The van der Waals surface area contributed by atoms with Crippen LogP contribution < -0.4 is 16.4 Å². The molecule has 210 valence electrons. The van der Waals surface area contributed by atoms with Crippen LogP contribution in [0.2, 0.25) is 0 Å². The smallest absolute Gasteiger partial charge is 0.252 e. The molecule has 0 aliphatic carbocycles. The van der Waals surface area contributed by atoms with Crippen LogP contribution in [0.1, 0.15) is 63.8 Å². The lowest BCUT2D eigenvalue weighted by Gasteiger charge is -2.33. The largest absolute Gasteiger partial charge is 0.310 e. The number of nitrogens with zero attached hydrogens (tertiary/aromatic N) is 2. The molecular weight excluding hydrogens is 519 g/mol. The predicted molar refractivity (Wildman–Crippen MR) is 187 cm³/mol. The summed E-state index contributed by atoms with van der Waals surface area (Å²) in [5.41, 5.74) is 17.8. The molecule has 7 aromatic rings. The van der Waals surface area contributed by atoms with Gasteiger partial charge in [0.2, 0.25) is 0 Å². The minimum absolute atomic E-state index is 0.0760. The van der Waals surface area contributed by atoms with Gasteiger partial charge in [-0.2, -0.15) is 0 Å². The van der Waals surface area contributed by atoms with Crippen molar-refractivity contribution in [2.24, 2.45) is 0 Å². The maximum Gasteiger partial charge on any atom is 0.252 e. The zero-order chi connectivity index (χ0) is 29.7. The van der Waals surface area contributed by atoms with Crippen molar-refractivity contribution in [3.63, 3.8) is 0 Å². The summed E-state index contributed by atoms with van der Waals surface area (Å²) in [5.74, 6) is 0. The predicted octanol–water partition coefficient (Wildman–Crippen LogP) is 8.24. The first-order valence-corrected chi connectivity index (χ1v) is 15.7. The van der Waals surface area contributed by atoms with Gasteiger partial charge >= 0.3 is 0 Å². The Balaban J connectivity index is 1.58. The van der Waals surface area contributed by atoms with Crippen LogP contribution in [0.4, 0.5) is 0 Å². The van der Waals surface area contributed by atoms with E-state index in [2.05, 4.69) is 143 Å². The van der Waals surface area contributed by atoms with Gasteiger partial charge in [-0.25, -0.2) is 0 Å². The second-order valence-corrected chi connectivity index (χ2v) is 15.3. The van der Waals surface area contributed by atoms with Gasteiger partial charge in [-0.3, -0.25) is 0 Å². The monoisotopic (exact) mass is 556 g/mol. The van der Waals surface area contributed by atoms with Crippen molar-refractivity contribution in [3.05, 3.63) is 101 Å². The van der Waals surface area contributed by atoms with E-state index < -0.39 is 0 Å². The van der Waals surface area contributed by atoms with Gasteiger partial charge in [-0.1, -0.05) is 77.9 Å². The fourth-order valence-corrected chi connectivity index (χ4v) is 8.08. The van der Waals surface area contributed by atoms with E-state index in [1.807, 2.05) is 0 Å². The molecule has 2 aliphatic rings. The van der Waals surface area contributed by atoms with Gasteiger partial charge in [0.25, 0.3) is 6.71 Å².